The Labute approximate surface area is 101 Å². The number of fused-ring (bicyclic) bond motifs is 1. The molecule has 3 nitrogen and oxygen atoms in total. The minimum absolute atomic E-state index is 0.657. The van der Waals surface area contributed by atoms with Crippen molar-refractivity contribution in [1.82, 2.24) is 0 Å². The van der Waals surface area contributed by atoms with E-state index in [0.29, 0.717) is 5.76 Å². The van der Waals surface area contributed by atoms with Gasteiger partial charge in [-0.1, -0.05) is 0 Å². The molecule has 0 radical (unpaired) electrons. The molecule has 0 fully saturated rings. The van der Waals surface area contributed by atoms with Crippen LogP contribution in [0.1, 0.15) is 5.76 Å². The molecule has 0 aliphatic carbocycles. The van der Waals surface area contributed by atoms with Crippen molar-refractivity contribution in [2.75, 3.05) is 7.05 Å². The highest BCUT2D eigenvalue weighted by Gasteiger charge is 2.11. The van der Waals surface area contributed by atoms with Gasteiger partial charge in [-0.3, -0.25) is 9.98 Å². The van der Waals surface area contributed by atoms with Gasteiger partial charge < -0.3 is 4.42 Å². The Kier molecular flexibility index (Phi) is 2.86. The van der Waals surface area contributed by atoms with Gasteiger partial charge in [-0.15, -0.1) is 0 Å². The number of hydrogen-bond acceptors (Lipinski definition) is 3. The van der Waals surface area contributed by atoms with Gasteiger partial charge in [0.25, 0.3) is 0 Å². The highest BCUT2D eigenvalue weighted by Crippen LogP contribution is 2.32. The molecule has 1 aromatic heterocycles. The third-order valence-corrected chi connectivity index (χ3v) is 2.73. The van der Waals surface area contributed by atoms with Crippen LogP contribution in [0, 0.1) is 3.57 Å². The van der Waals surface area contributed by atoms with Crippen LogP contribution in [0.15, 0.2) is 32.6 Å². The molecule has 0 unspecified atom stereocenters. The maximum Gasteiger partial charge on any atom is 0.171 e. The molecular formula is C11H9IN2O. The molecule has 0 aliphatic rings. The van der Waals surface area contributed by atoms with Gasteiger partial charge in [0.05, 0.1) is 6.21 Å². The summed E-state index contributed by atoms with van der Waals surface area (Å²) in [5.41, 5.74) is 1.57. The third kappa shape index (κ3) is 1.81. The van der Waals surface area contributed by atoms with Gasteiger partial charge in [0.15, 0.2) is 5.76 Å². The molecule has 2 rings (SSSR count). The highest BCUT2D eigenvalue weighted by atomic mass is 127. The molecule has 76 valence electrons. The van der Waals surface area contributed by atoms with Gasteiger partial charge in [0.1, 0.15) is 11.3 Å². The van der Waals surface area contributed by atoms with Gasteiger partial charge >= 0.3 is 0 Å². The summed E-state index contributed by atoms with van der Waals surface area (Å²) in [5, 5.41) is 0.979. The molecule has 15 heavy (non-hydrogen) atoms. The topological polar surface area (TPSA) is 37.9 Å². The lowest BCUT2D eigenvalue weighted by Gasteiger charge is -1.90. The standard InChI is InChI=1S/C11H9IN2O/c1-13-6-10-11(14-2)8-5-7(12)3-4-9(8)15-10/h3-6H,2H2,1H3. The molecule has 0 bridgehead atoms. The summed E-state index contributed by atoms with van der Waals surface area (Å²) < 4.78 is 6.74. The fraction of sp³-hybridized carbons (Fsp3) is 0.0909. The molecule has 0 saturated heterocycles. The van der Waals surface area contributed by atoms with E-state index in [4.69, 9.17) is 4.42 Å². The summed E-state index contributed by atoms with van der Waals surface area (Å²) in [6, 6.07) is 5.95. The Balaban J connectivity index is 2.79. The zero-order valence-electron chi connectivity index (χ0n) is 8.20. The van der Waals surface area contributed by atoms with E-state index in [2.05, 4.69) is 39.3 Å². The number of halogens is 1. The van der Waals surface area contributed by atoms with E-state index < -0.39 is 0 Å². The van der Waals surface area contributed by atoms with Gasteiger partial charge in [-0.05, 0) is 47.5 Å². The van der Waals surface area contributed by atoms with E-state index in [1.807, 2.05) is 18.2 Å². The molecule has 0 amide bonds. The molecule has 0 N–H and O–H groups in total. The normalized spacial score (nSPS) is 11.3. The fourth-order valence-electron chi connectivity index (χ4n) is 1.44. The van der Waals surface area contributed by atoms with Crippen molar-refractivity contribution in [3.05, 3.63) is 27.5 Å². The Morgan fingerprint density at radius 2 is 2.27 bits per heavy atom. The lowest BCUT2D eigenvalue weighted by atomic mass is 10.2. The summed E-state index contributed by atoms with van der Waals surface area (Å²) in [5.74, 6) is 0.657. The molecule has 0 saturated carbocycles. The van der Waals surface area contributed by atoms with E-state index in [-0.39, 0.29) is 0 Å². The quantitative estimate of drug-likeness (QED) is 0.618. The van der Waals surface area contributed by atoms with Crippen molar-refractivity contribution < 1.29 is 4.42 Å². The fourth-order valence-corrected chi connectivity index (χ4v) is 1.93. The zero-order valence-corrected chi connectivity index (χ0v) is 10.4. The average Bonchev–Trinajstić information content (AvgIpc) is 2.55. The minimum atomic E-state index is 0.657. The molecule has 0 spiro atoms. The van der Waals surface area contributed by atoms with Crippen LogP contribution >= 0.6 is 22.6 Å². The smallest absolute Gasteiger partial charge is 0.171 e. The second kappa shape index (κ2) is 4.14. The molecule has 2 aromatic rings. The molecule has 0 atom stereocenters. The Morgan fingerprint density at radius 1 is 1.47 bits per heavy atom. The minimum Gasteiger partial charge on any atom is -0.453 e. The predicted molar refractivity (Wildman–Crippen MR) is 71.7 cm³/mol. The lowest BCUT2D eigenvalue weighted by molar-refractivity contribution is 0.608. The van der Waals surface area contributed by atoms with Crippen LogP contribution < -0.4 is 0 Å². The second-order valence-corrected chi connectivity index (χ2v) is 4.25. The van der Waals surface area contributed by atoms with Crippen molar-refractivity contribution in [3.8, 4) is 0 Å². The van der Waals surface area contributed by atoms with Crippen molar-refractivity contribution in [3.63, 3.8) is 0 Å². The molecular weight excluding hydrogens is 303 g/mol. The van der Waals surface area contributed by atoms with E-state index in [0.717, 1.165) is 20.2 Å². The summed E-state index contributed by atoms with van der Waals surface area (Å²) in [6.45, 7) is 3.55. The monoisotopic (exact) mass is 312 g/mol. The van der Waals surface area contributed by atoms with E-state index in [1.54, 1.807) is 13.3 Å². The SMILES string of the molecule is C=Nc1c(C=NC)oc2ccc(I)cc12. The van der Waals surface area contributed by atoms with Crippen LogP contribution in [0.4, 0.5) is 5.69 Å². The van der Waals surface area contributed by atoms with Gasteiger partial charge in [0, 0.05) is 16.0 Å². The lowest BCUT2D eigenvalue weighted by Crippen LogP contribution is -1.74. The largest absolute Gasteiger partial charge is 0.453 e. The number of benzene rings is 1. The van der Waals surface area contributed by atoms with Gasteiger partial charge in [0.2, 0.25) is 0 Å². The Hall–Kier alpha value is -1.17. The zero-order chi connectivity index (χ0) is 10.8. The van der Waals surface area contributed by atoms with E-state index in [9.17, 15) is 0 Å². The first-order valence-corrected chi connectivity index (χ1v) is 5.45. The van der Waals surface area contributed by atoms with Crippen LogP contribution in [0.3, 0.4) is 0 Å². The number of hydrogen-bond donors (Lipinski definition) is 0. The van der Waals surface area contributed by atoms with Crippen molar-refractivity contribution in [2.24, 2.45) is 9.98 Å². The molecule has 1 heterocycles. The number of furan rings is 1. The summed E-state index contributed by atoms with van der Waals surface area (Å²) in [4.78, 5) is 7.90. The van der Waals surface area contributed by atoms with Crippen LogP contribution in [-0.4, -0.2) is 20.0 Å². The Bertz CT molecular complexity index is 543. The first kappa shape index (κ1) is 10.4. The molecule has 1 aromatic carbocycles. The summed E-state index contributed by atoms with van der Waals surface area (Å²) >= 11 is 2.25. The first-order valence-electron chi connectivity index (χ1n) is 4.37. The second-order valence-electron chi connectivity index (χ2n) is 3.00. The van der Waals surface area contributed by atoms with Crippen LogP contribution in [0.5, 0.6) is 0 Å². The van der Waals surface area contributed by atoms with E-state index >= 15 is 0 Å². The maximum atomic E-state index is 5.60. The van der Waals surface area contributed by atoms with Crippen molar-refractivity contribution >= 4 is 52.2 Å². The maximum absolute atomic E-state index is 5.60. The predicted octanol–water partition coefficient (Wildman–Crippen LogP) is 3.42. The average molecular weight is 312 g/mol. The van der Waals surface area contributed by atoms with E-state index in [1.165, 1.54) is 0 Å². The number of aliphatic imine (C=N–C) groups is 2. The number of nitrogens with zero attached hydrogens (tertiary/aromatic N) is 2. The van der Waals surface area contributed by atoms with Crippen LogP contribution in [-0.2, 0) is 0 Å². The highest BCUT2D eigenvalue weighted by molar-refractivity contribution is 14.1. The number of rotatable bonds is 2. The molecule has 4 heteroatoms. The summed E-state index contributed by atoms with van der Waals surface area (Å²) in [7, 11) is 1.70. The third-order valence-electron chi connectivity index (χ3n) is 2.05. The van der Waals surface area contributed by atoms with Crippen LogP contribution in [0.2, 0.25) is 0 Å². The van der Waals surface area contributed by atoms with Gasteiger partial charge in [-0.25, -0.2) is 0 Å². The van der Waals surface area contributed by atoms with Crippen LogP contribution in [0.25, 0.3) is 11.0 Å². The van der Waals surface area contributed by atoms with Crippen molar-refractivity contribution in [2.45, 2.75) is 0 Å². The van der Waals surface area contributed by atoms with Gasteiger partial charge in [-0.2, -0.15) is 0 Å². The van der Waals surface area contributed by atoms with Crippen molar-refractivity contribution in [1.29, 1.82) is 0 Å². The summed E-state index contributed by atoms with van der Waals surface area (Å²) in [6.07, 6.45) is 1.65. The molecule has 0 aliphatic heterocycles. The first-order chi connectivity index (χ1) is 7.26. The Morgan fingerprint density at radius 3 is 2.93 bits per heavy atom.